The standard InChI is InChI=1S/C21H22N4O2/c26-20(9-12-25-11-4-10-22-25)23-18-13-21(27)24(15-18)14-17-7-3-6-16-5-1-2-8-19(16)17/h1-8,10-11,18H,9,12-15H2,(H,23,26)/t18-/m1/s1. The fraction of sp³-hybridized carbons (Fsp3) is 0.286. The zero-order chi connectivity index (χ0) is 18.6. The first-order chi connectivity index (χ1) is 13.2. The molecule has 6 heteroatoms. The van der Waals surface area contributed by atoms with Gasteiger partial charge >= 0.3 is 0 Å². The highest BCUT2D eigenvalue weighted by molar-refractivity contribution is 5.87. The van der Waals surface area contributed by atoms with Crippen molar-refractivity contribution in [2.45, 2.75) is 32.0 Å². The maximum atomic E-state index is 12.4. The van der Waals surface area contributed by atoms with Crippen LogP contribution in [0.3, 0.4) is 0 Å². The second-order valence-corrected chi connectivity index (χ2v) is 6.90. The van der Waals surface area contributed by atoms with Crippen LogP contribution < -0.4 is 5.32 Å². The molecule has 1 aliphatic heterocycles. The zero-order valence-corrected chi connectivity index (χ0v) is 15.0. The van der Waals surface area contributed by atoms with Gasteiger partial charge in [0, 0.05) is 44.9 Å². The fourth-order valence-electron chi connectivity index (χ4n) is 3.61. The number of likely N-dealkylation sites (tertiary alicyclic amines) is 1. The van der Waals surface area contributed by atoms with Crippen molar-refractivity contribution >= 4 is 22.6 Å². The van der Waals surface area contributed by atoms with Crippen molar-refractivity contribution in [2.75, 3.05) is 6.54 Å². The molecular formula is C21H22N4O2. The molecule has 0 spiro atoms. The summed E-state index contributed by atoms with van der Waals surface area (Å²) in [6, 6.07) is 16.1. The second-order valence-electron chi connectivity index (χ2n) is 6.90. The van der Waals surface area contributed by atoms with Gasteiger partial charge in [-0.25, -0.2) is 0 Å². The number of nitrogens with one attached hydrogen (secondary N) is 1. The third kappa shape index (κ3) is 4.00. The summed E-state index contributed by atoms with van der Waals surface area (Å²) in [4.78, 5) is 26.4. The van der Waals surface area contributed by atoms with Gasteiger partial charge in [0.25, 0.3) is 0 Å². The SMILES string of the molecule is O=C(CCn1cccn1)N[C@@H]1CC(=O)N(Cc2cccc3ccccc23)C1. The molecule has 1 fully saturated rings. The lowest BCUT2D eigenvalue weighted by molar-refractivity contribution is -0.128. The summed E-state index contributed by atoms with van der Waals surface area (Å²) in [7, 11) is 0. The van der Waals surface area contributed by atoms with E-state index in [9.17, 15) is 9.59 Å². The normalized spacial score (nSPS) is 16.8. The minimum atomic E-state index is -0.127. The summed E-state index contributed by atoms with van der Waals surface area (Å²) in [5.41, 5.74) is 1.13. The van der Waals surface area contributed by atoms with E-state index in [-0.39, 0.29) is 17.9 Å². The zero-order valence-electron chi connectivity index (χ0n) is 15.0. The fourth-order valence-corrected chi connectivity index (χ4v) is 3.61. The van der Waals surface area contributed by atoms with Crippen LogP contribution in [0, 0.1) is 0 Å². The quantitative estimate of drug-likeness (QED) is 0.732. The molecule has 1 N–H and O–H groups in total. The van der Waals surface area contributed by atoms with Crippen molar-refractivity contribution in [3.63, 3.8) is 0 Å². The largest absolute Gasteiger partial charge is 0.351 e. The molecule has 1 aromatic heterocycles. The summed E-state index contributed by atoms with van der Waals surface area (Å²) in [5.74, 6) is 0.0376. The van der Waals surface area contributed by atoms with E-state index in [1.807, 2.05) is 35.4 Å². The Kier molecular flexibility index (Phi) is 4.87. The minimum Gasteiger partial charge on any atom is -0.351 e. The van der Waals surface area contributed by atoms with Crippen molar-refractivity contribution < 1.29 is 9.59 Å². The number of nitrogens with zero attached hydrogens (tertiary/aromatic N) is 3. The van der Waals surface area contributed by atoms with Gasteiger partial charge in [-0.15, -0.1) is 0 Å². The van der Waals surface area contributed by atoms with Crippen LogP contribution in [-0.4, -0.2) is 39.1 Å². The van der Waals surface area contributed by atoms with Crippen molar-refractivity contribution in [2.24, 2.45) is 0 Å². The molecule has 1 aliphatic rings. The van der Waals surface area contributed by atoms with Gasteiger partial charge in [0.05, 0.1) is 6.04 Å². The highest BCUT2D eigenvalue weighted by Crippen LogP contribution is 2.22. The van der Waals surface area contributed by atoms with Crippen molar-refractivity contribution in [3.05, 3.63) is 66.5 Å². The molecule has 4 rings (SSSR count). The number of hydrogen-bond donors (Lipinski definition) is 1. The smallest absolute Gasteiger partial charge is 0.225 e. The average molecular weight is 362 g/mol. The number of amides is 2. The number of fused-ring (bicyclic) bond motifs is 1. The Morgan fingerprint density at radius 3 is 2.85 bits per heavy atom. The maximum Gasteiger partial charge on any atom is 0.225 e. The summed E-state index contributed by atoms with van der Waals surface area (Å²) in [6.45, 7) is 1.66. The van der Waals surface area contributed by atoms with Crippen LogP contribution in [0.5, 0.6) is 0 Å². The Hall–Kier alpha value is -3.15. The highest BCUT2D eigenvalue weighted by atomic mass is 16.2. The van der Waals surface area contributed by atoms with Gasteiger partial charge in [0.2, 0.25) is 11.8 Å². The number of carbonyl (C=O) groups is 2. The molecule has 0 bridgehead atoms. The van der Waals surface area contributed by atoms with E-state index in [1.165, 1.54) is 10.8 Å². The van der Waals surface area contributed by atoms with Crippen molar-refractivity contribution in [1.82, 2.24) is 20.0 Å². The van der Waals surface area contributed by atoms with Crippen LogP contribution >= 0.6 is 0 Å². The molecule has 2 aromatic carbocycles. The van der Waals surface area contributed by atoms with E-state index in [0.29, 0.717) is 32.5 Å². The van der Waals surface area contributed by atoms with Crippen LogP contribution in [0.15, 0.2) is 60.9 Å². The lowest BCUT2D eigenvalue weighted by Gasteiger charge is -2.18. The van der Waals surface area contributed by atoms with E-state index < -0.39 is 0 Å². The Balaban J connectivity index is 1.35. The lowest BCUT2D eigenvalue weighted by atomic mass is 10.0. The lowest BCUT2D eigenvalue weighted by Crippen LogP contribution is -2.37. The Morgan fingerprint density at radius 1 is 1.15 bits per heavy atom. The number of aryl methyl sites for hydroxylation is 1. The van der Waals surface area contributed by atoms with Crippen molar-refractivity contribution in [1.29, 1.82) is 0 Å². The molecule has 2 amide bonds. The van der Waals surface area contributed by atoms with Crippen LogP contribution in [0.2, 0.25) is 0 Å². The van der Waals surface area contributed by atoms with Crippen LogP contribution in [0.1, 0.15) is 18.4 Å². The number of aromatic nitrogens is 2. The molecule has 1 saturated heterocycles. The van der Waals surface area contributed by atoms with E-state index in [0.717, 1.165) is 5.56 Å². The Labute approximate surface area is 157 Å². The Bertz CT molecular complexity index is 946. The van der Waals surface area contributed by atoms with Crippen LogP contribution in [0.25, 0.3) is 10.8 Å². The predicted molar refractivity (Wildman–Crippen MR) is 103 cm³/mol. The van der Waals surface area contributed by atoms with Gasteiger partial charge in [-0.05, 0) is 22.4 Å². The second kappa shape index (κ2) is 7.61. The Morgan fingerprint density at radius 2 is 2.00 bits per heavy atom. The average Bonchev–Trinajstić information content (AvgIpc) is 3.30. The van der Waals surface area contributed by atoms with Gasteiger partial charge in [-0.3, -0.25) is 14.3 Å². The topological polar surface area (TPSA) is 67.2 Å². The molecule has 3 aromatic rings. The molecule has 0 aliphatic carbocycles. The monoisotopic (exact) mass is 362 g/mol. The number of carbonyl (C=O) groups excluding carboxylic acids is 2. The molecule has 2 heterocycles. The third-order valence-electron chi connectivity index (χ3n) is 4.95. The molecular weight excluding hydrogens is 340 g/mol. The van der Waals surface area contributed by atoms with Gasteiger partial charge in [-0.2, -0.15) is 5.10 Å². The number of hydrogen-bond acceptors (Lipinski definition) is 3. The van der Waals surface area contributed by atoms with Crippen LogP contribution in [0.4, 0.5) is 0 Å². The molecule has 0 saturated carbocycles. The molecule has 27 heavy (non-hydrogen) atoms. The predicted octanol–water partition coefficient (Wildman–Crippen LogP) is 2.34. The summed E-state index contributed by atoms with van der Waals surface area (Å²) < 4.78 is 1.73. The summed E-state index contributed by atoms with van der Waals surface area (Å²) in [5, 5.41) is 9.41. The maximum absolute atomic E-state index is 12.4. The molecule has 1 atom stereocenters. The first kappa shape index (κ1) is 17.3. The minimum absolute atomic E-state index is 0.0460. The molecule has 0 unspecified atom stereocenters. The molecule has 6 nitrogen and oxygen atoms in total. The summed E-state index contributed by atoms with van der Waals surface area (Å²) in [6.07, 6.45) is 4.24. The first-order valence-electron chi connectivity index (χ1n) is 9.20. The van der Waals surface area contributed by atoms with Gasteiger partial charge in [0.1, 0.15) is 0 Å². The molecule has 138 valence electrons. The van der Waals surface area contributed by atoms with Gasteiger partial charge in [0.15, 0.2) is 0 Å². The first-order valence-corrected chi connectivity index (χ1v) is 9.20. The van der Waals surface area contributed by atoms with Crippen molar-refractivity contribution in [3.8, 4) is 0 Å². The van der Waals surface area contributed by atoms with Crippen LogP contribution in [-0.2, 0) is 22.7 Å². The number of rotatable bonds is 6. The van der Waals surface area contributed by atoms with Gasteiger partial charge in [-0.1, -0.05) is 42.5 Å². The van der Waals surface area contributed by atoms with Gasteiger partial charge < -0.3 is 10.2 Å². The number of benzene rings is 2. The third-order valence-corrected chi connectivity index (χ3v) is 4.95. The molecule has 0 radical (unpaired) electrons. The van der Waals surface area contributed by atoms with E-state index >= 15 is 0 Å². The van der Waals surface area contributed by atoms with E-state index in [1.54, 1.807) is 10.9 Å². The van der Waals surface area contributed by atoms with E-state index in [2.05, 4.69) is 34.7 Å². The van der Waals surface area contributed by atoms with E-state index in [4.69, 9.17) is 0 Å². The summed E-state index contributed by atoms with van der Waals surface area (Å²) >= 11 is 0. The highest BCUT2D eigenvalue weighted by Gasteiger charge is 2.30.